The van der Waals surface area contributed by atoms with Gasteiger partial charge in [0.1, 0.15) is 0 Å². The molecule has 0 saturated carbocycles. The lowest BCUT2D eigenvalue weighted by atomic mass is 9.92. The summed E-state index contributed by atoms with van der Waals surface area (Å²) in [5.74, 6) is -0.0267. The van der Waals surface area contributed by atoms with Gasteiger partial charge in [0.25, 0.3) is 0 Å². The summed E-state index contributed by atoms with van der Waals surface area (Å²) in [4.78, 5) is 2.46. The molecule has 1 unspecified atom stereocenters. The maximum Gasteiger partial charge on any atom is 0.165 e. The van der Waals surface area contributed by atoms with Gasteiger partial charge in [-0.15, -0.1) is 0 Å². The smallest absolute Gasteiger partial charge is 0.165 e. The number of hydrogen-bond acceptors (Lipinski definition) is 3. The Morgan fingerprint density at radius 3 is 2.70 bits per heavy atom. The molecule has 0 bridgehead atoms. The van der Waals surface area contributed by atoms with Crippen molar-refractivity contribution in [1.29, 1.82) is 0 Å². The van der Waals surface area contributed by atoms with Crippen LogP contribution < -0.4 is 10.1 Å². The first-order valence-corrected chi connectivity index (χ1v) is 9.54. The number of nitrogens with zero attached hydrogens (tertiary/aromatic N) is 1. The zero-order valence-corrected chi connectivity index (χ0v) is 15.6. The van der Waals surface area contributed by atoms with Crippen LogP contribution in [-0.4, -0.2) is 38.2 Å². The van der Waals surface area contributed by atoms with Gasteiger partial charge in [0.2, 0.25) is 0 Å². The fourth-order valence-corrected chi connectivity index (χ4v) is 4.05. The van der Waals surface area contributed by atoms with Crippen molar-refractivity contribution in [2.24, 2.45) is 0 Å². The van der Waals surface area contributed by atoms with E-state index in [0.717, 1.165) is 38.2 Å². The van der Waals surface area contributed by atoms with Crippen molar-refractivity contribution in [3.05, 3.63) is 77.6 Å². The number of methoxy groups -OCH3 is 1. The maximum absolute atomic E-state index is 14.5. The lowest BCUT2D eigenvalue weighted by Gasteiger charge is -2.32. The quantitative estimate of drug-likeness (QED) is 0.744. The Morgan fingerprint density at radius 1 is 1.00 bits per heavy atom. The number of hydrogen-bond donors (Lipinski definition) is 1. The molecule has 0 amide bonds. The molecule has 4 heteroatoms. The van der Waals surface area contributed by atoms with E-state index >= 15 is 0 Å². The molecule has 3 aromatic carbocycles. The molecule has 1 atom stereocenters. The molecule has 0 radical (unpaired) electrons. The molecule has 0 aromatic heterocycles. The third kappa shape index (κ3) is 3.68. The highest BCUT2D eigenvalue weighted by molar-refractivity contribution is 5.86. The third-order valence-electron chi connectivity index (χ3n) is 5.35. The maximum atomic E-state index is 14.5. The van der Waals surface area contributed by atoms with E-state index < -0.39 is 0 Å². The summed E-state index contributed by atoms with van der Waals surface area (Å²) < 4.78 is 19.7. The zero-order valence-electron chi connectivity index (χ0n) is 15.6. The minimum absolute atomic E-state index is 0.0106. The van der Waals surface area contributed by atoms with Crippen LogP contribution in [0, 0.1) is 5.82 Å². The normalized spacial score (nSPS) is 16.8. The summed E-state index contributed by atoms with van der Waals surface area (Å²) in [6.07, 6.45) is 1.08. The topological polar surface area (TPSA) is 24.5 Å². The molecular formula is C23H25FN2O. The first kappa shape index (κ1) is 18.0. The molecule has 3 aromatic rings. The zero-order chi connectivity index (χ0) is 18.6. The highest BCUT2D eigenvalue weighted by atomic mass is 19.1. The fraction of sp³-hybridized carbons (Fsp3) is 0.304. The first-order valence-electron chi connectivity index (χ1n) is 9.54. The van der Waals surface area contributed by atoms with Crippen molar-refractivity contribution < 1.29 is 9.13 Å². The van der Waals surface area contributed by atoms with Crippen molar-refractivity contribution in [3.63, 3.8) is 0 Å². The van der Waals surface area contributed by atoms with Crippen LogP contribution in [-0.2, 0) is 0 Å². The van der Waals surface area contributed by atoms with E-state index in [1.807, 2.05) is 6.07 Å². The van der Waals surface area contributed by atoms with Gasteiger partial charge in [-0.2, -0.15) is 0 Å². The van der Waals surface area contributed by atoms with Gasteiger partial charge in [0.05, 0.1) is 13.2 Å². The van der Waals surface area contributed by atoms with Crippen LogP contribution >= 0.6 is 0 Å². The minimum Gasteiger partial charge on any atom is -0.494 e. The van der Waals surface area contributed by atoms with Crippen molar-refractivity contribution >= 4 is 10.8 Å². The van der Waals surface area contributed by atoms with Gasteiger partial charge < -0.3 is 10.1 Å². The highest BCUT2D eigenvalue weighted by Crippen LogP contribution is 2.35. The number of nitrogens with one attached hydrogen (secondary N) is 1. The molecule has 1 aliphatic heterocycles. The van der Waals surface area contributed by atoms with Crippen molar-refractivity contribution in [1.82, 2.24) is 10.2 Å². The molecule has 1 fully saturated rings. The van der Waals surface area contributed by atoms with E-state index in [0.29, 0.717) is 0 Å². The number of fused-ring (bicyclic) bond motifs is 1. The second-order valence-corrected chi connectivity index (χ2v) is 7.00. The van der Waals surface area contributed by atoms with Gasteiger partial charge in [-0.3, -0.25) is 4.90 Å². The number of ether oxygens (including phenoxy) is 1. The van der Waals surface area contributed by atoms with Crippen LogP contribution in [0.5, 0.6) is 5.75 Å². The summed E-state index contributed by atoms with van der Waals surface area (Å²) in [6, 6.07) is 20.2. The monoisotopic (exact) mass is 364 g/mol. The van der Waals surface area contributed by atoms with Gasteiger partial charge in [-0.05, 0) is 47.0 Å². The van der Waals surface area contributed by atoms with Gasteiger partial charge in [0.15, 0.2) is 11.6 Å². The average Bonchev–Trinajstić information content (AvgIpc) is 2.98. The Labute approximate surface area is 159 Å². The van der Waals surface area contributed by atoms with Gasteiger partial charge in [-0.25, -0.2) is 4.39 Å². The predicted octanol–water partition coefficient (Wildman–Crippen LogP) is 4.37. The molecule has 1 N–H and O–H groups in total. The summed E-state index contributed by atoms with van der Waals surface area (Å²) in [6.45, 7) is 3.88. The van der Waals surface area contributed by atoms with E-state index in [4.69, 9.17) is 4.74 Å². The largest absolute Gasteiger partial charge is 0.494 e. The fourth-order valence-electron chi connectivity index (χ4n) is 4.05. The third-order valence-corrected chi connectivity index (χ3v) is 5.35. The summed E-state index contributed by atoms with van der Waals surface area (Å²) >= 11 is 0. The van der Waals surface area contributed by atoms with Crippen LogP contribution in [0.25, 0.3) is 10.8 Å². The second-order valence-electron chi connectivity index (χ2n) is 7.00. The van der Waals surface area contributed by atoms with E-state index in [-0.39, 0.29) is 17.6 Å². The molecule has 3 nitrogen and oxygen atoms in total. The summed E-state index contributed by atoms with van der Waals surface area (Å²) in [7, 11) is 1.50. The average molecular weight is 364 g/mol. The Hall–Kier alpha value is -2.43. The Balaban J connectivity index is 1.86. The van der Waals surface area contributed by atoms with Crippen LogP contribution in [0.2, 0.25) is 0 Å². The standard InChI is InChI=1S/C23H25FN2O/c1-27-22-11-10-18(16-21(22)24)23(26-14-5-12-25-13-15-26)20-9-4-7-17-6-2-3-8-19(17)20/h2-4,6-11,16,23,25H,5,12-15H2,1H3. The molecule has 1 saturated heterocycles. The summed E-state index contributed by atoms with van der Waals surface area (Å²) in [5, 5.41) is 5.90. The molecule has 1 heterocycles. The van der Waals surface area contributed by atoms with Crippen LogP contribution in [0.1, 0.15) is 23.6 Å². The highest BCUT2D eigenvalue weighted by Gasteiger charge is 2.25. The van der Waals surface area contributed by atoms with Gasteiger partial charge in [0, 0.05) is 19.6 Å². The molecular weight excluding hydrogens is 339 g/mol. The molecule has 0 aliphatic carbocycles. The molecule has 0 spiro atoms. The molecule has 140 valence electrons. The Morgan fingerprint density at radius 2 is 1.85 bits per heavy atom. The van der Waals surface area contributed by atoms with Crippen molar-refractivity contribution in [3.8, 4) is 5.75 Å². The minimum atomic E-state index is -0.312. The Bertz CT molecular complexity index is 914. The van der Waals surface area contributed by atoms with Crippen LogP contribution in [0.3, 0.4) is 0 Å². The van der Waals surface area contributed by atoms with E-state index in [2.05, 4.69) is 52.7 Å². The molecule has 1 aliphatic rings. The number of rotatable bonds is 4. The number of halogens is 1. The lowest BCUT2D eigenvalue weighted by molar-refractivity contribution is 0.241. The first-order chi connectivity index (χ1) is 13.3. The van der Waals surface area contributed by atoms with Crippen molar-refractivity contribution in [2.45, 2.75) is 12.5 Å². The lowest BCUT2D eigenvalue weighted by Crippen LogP contribution is -2.33. The van der Waals surface area contributed by atoms with E-state index in [9.17, 15) is 4.39 Å². The van der Waals surface area contributed by atoms with E-state index in [1.54, 1.807) is 12.1 Å². The van der Waals surface area contributed by atoms with Gasteiger partial charge in [-0.1, -0.05) is 48.5 Å². The number of benzene rings is 3. The SMILES string of the molecule is COc1ccc(C(c2cccc3ccccc23)N2CCCNCC2)cc1F. The summed E-state index contributed by atoms with van der Waals surface area (Å²) in [5.41, 5.74) is 2.19. The van der Waals surface area contributed by atoms with Gasteiger partial charge >= 0.3 is 0 Å². The second kappa shape index (κ2) is 8.07. The van der Waals surface area contributed by atoms with Crippen LogP contribution in [0.15, 0.2) is 60.7 Å². The molecule has 27 heavy (non-hydrogen) atoms. The Kier molecular flexibility index (Phi) is 5.37. The molecule has 4 rings (SSSR count). The van der Waals surface area contributed by atoms with Crippen LogP contribution in [0.4, 0.5) is 4.39 Å². The van der Waals surface area contributed by atoms with Crippen molar-refractivity contribution in [2.75, 3.05) is 33.3 Å². The predicted molar refractivity (Wildman–Crippen MR) is 108 cm³/mol. The van der Waals surface area contributed by atoms with E-state index in [1.165, 1.54) is 23.4 Å².